The van der Waals surface area contributed by atoms with Gasteiger partial charge in [0.1, 0.15) is 0 Å². The Hall–Kier alpha value is -1.10. The minimum Gasteiger partial charge on any atom is -0.366 e. The molecule has 19 heavy (non-hydrogen) atoms. The molecule has 0 aromatic heterocycles. The summed E-state index contributed by atoms with van der Waals surface area (Å²) in [5.41, 5.74) is 12.7. The van der Waals surface area contributed by atoms with Gasteiger partial charge in [0.05, 0.1) is 0 Å². The number of benzene rings is 1. The quantitative estimate of drug-likeness (QED) is 0.877. The van der Waals surface area contributed by atoms with E-state index < -0.39 is 0 Å². The summed E-state index contributed by atoms with van der Waals surface area (Å²) in [5, 5.41) is 0. The summed E-state index contributed by atoms with van der Waals surface area (Å²) in [4.78, 5) is 13.4. The lowest BCUT2D eigenvalue weighted by Crippen LogP contribution is -2.35. The third kappa shape index (κ3) is 4.49. The van der Waals surface area contributed by atoms with Crippen LogP contribution < -0.4 is 11.5 Å². The van der Waals surface area contributed by atoms with E-state index in [1.807, 2.05) is 12.1 Å². The lowest BCUT2D eigenvalue weighted by molar-refractivity contribution is 0.100. The number of halogens is 1. The number of piperidine rings is 1. The van der Waals surface area contributed by atoms with Crippen LogP contribution in [-0.2, 0) is 6.54 Å². The molecule has 2 rings (SSSR count). The van der Waals surface area contributed by atoms with Gasteiger partial charge in [0.2, 0.25) is 5.91 Å². The second-order valence-corrected chi connectivity index (χ2v) is 5.02. The number of likely N-dealkylation sites (tertiary alicyclic amines) is 1. The smallest absolute Gasteiger partial charge is 0.248 e. The number of nitrogens with zero attached hydrogens (tertiary/aromatic N) is 1. The molecule has 1 fully saturated rings. The zero-order chi connectivity index (χ0) is 13.0. The van der Waals surface area contributed by atoms with Gasteiger partial charge in [-0.25, -0.2) is 0 Å². The molecule has 0 saturated carbocycles. The van der Waals surface area contributed by atoms with Crippen molar-refractivity contribution in [1.29, 1.82) is 0 Å². The van der Waals surface area contributed by atoms with Crippen LogP contribution in [0.15, 0.2) is 24.3 Å². The van der Waals surface area contributed by atoms with Crippen molar-refractivity contribution in [2.45, 2.75) is 19.4 Å². The fraction of sp³-hybridized carbons (Fsp3) is 0.500. The van der Waals surface area contributed by atoms with E-state index in [1.165, 1.54) is 18.4 Å². The molecule has 5 heteroatoms. The number of nitrogens with two attached hydrogens (primary N) is 2. The molecule has 0 radical (unpaired) electrons. The number of carbonyl (C=O) groups excluding carboxylic acids is 1. The van der Waals surface area contributed by atoms with Gasteiger partial charge >= 0.3 is 0 Å². The fourth-order valence-corrected chi connectivity index (χ4v) is 2.41. The van der Waals surface area contributed by atoms with E-state index >= 15 is 0 Å². The first-order valence-electron chi connectivity index (χ1n) is 6.50. The van der Waals surface area contributed by atoms with Crippen LogP contribution in [0.25, 0.3) is 0 Å². The molecule has 4 nitrogen and oxygen atoms in total. The molecule has 106 valence electrons. The topological polar surface area (TPSA) is 72.3 Å². The third-order valence-corrected chi connectivity index (χ3v) is 3.69. The molecule has 1 aliphatic rings. The van der Waals surface area contributed by atoms with E-state index in [2.05, 4.69) is 4.90 Å². The molecular weight excluding hydrogens is 262 g/mol. The van der Waals surface area contributed by atoms with E-state index in [4.69, 9.17) is 11.5 Å². The largest absolute Gasteiger partial charge is 0.366 e. The van der Waals surface area contributed by atoms with Gasteiger partial charge in [-0.1, -0.05) is 12.1 Å². The van der Waals surface area contributed by atoms with Crippen LogP contribution in [0.3, 0.4) is 0 Å². The SMILES string of the molecule is Cl.NCC1CCN(Cc2ccc(C(N)=O)cc2)CC1. The van der Waals surface area contributed by atoms with Gasteiger partial charge in [-0.3, -0.25) is 9.69 Å². The van der Waals surface area contributed by atoms with Crippen LogP contribution >= 0.6 is 12.4 Å². The zero-order valence-corrected chi connectivity index (χ0v) is 11.9. The first-order chi connectivity index (χ1) is 8.69. The lowest BCUT2D eigenvalue weighted by atomic mass is 9.97. The highest BCUT2D eigenvalue weighted by molar-refractivity contribution is 5.92. The second kappa shape index (κ2) is 7.48. The molecule has 1 aromatic carbocycles. The number of rotatable bonds is 4. The number of carbonyl (C=O) groups is 1. The third-order valence-electron chi connectivity index (χ3n) is 3.69. The van der Waals surface area contributed by atoms with E-state index in [0.29, 0.717) is 11.5 Å². The van der Waals surface area contributed by atoms with Gasteiger partial charge in [-0.05, 0) is 56.1 Å². The van der Waals surface area contributed by atoms with Crippen LogP contribution in [0.4, 0.5) is 0 Å². The Morgan fingerprint density at radius 1 is 1.21 bits per heavy atom. The van der Waals surface area contributed by atoms with Crippen LogP contribution in [-0.4, -0.2) is 30.4 Å². The van der Waals surface area contributed by atoms with Crippen molar-refractivity contribution < 1.29 is 4.79 Å². The monoisotopic (exact) mass is 283 g/mol. The van der Waals surface area contributed by atoms with E-state index in [-0.39, 0.29) is 18.3 Å². The molecule has 0 aliphatic carbocycles. The van der Waals surface area contributed by atoms with Gasteiger partial charge in [0.25, 0.3) is 0 Å². The molecule has 0 unspecified atom stereocenters. The number of hydrogen-bond donors (Lipinski definition) is 2. The fourth-order valence-electron chi connectivity index (χ4n) is 2.41. The summed E-state index contributed by atoms with van der Waals surface area (Å²) >= 11 is 0. The molecule has 1 saturated heterocycles. The maximum absolute atomic E-state index is 11.0. The van der Waals surface area contributed by atoms with E-state index in [0.717, 1.165) is 26.2 Å². The van der Waals surface area contributed by atoms with Gasteiger partial charge in [0.15, 0.2) is 0 Å². The number of hydrogen-bond acceptors (Lipinski definition) is 3. The maximum atomic E-state index is 11.0. The predicted octanol–water partition coefficient (Wildman–Crippen LogP) is 1.38. The summed E-state index contributed by atoms with van der Waals surface area (Å²) in [6.45, 7) is 3.97. The highest BCUT2D eigenvalue weighted by atomic mass is 35.5. The minimum atomic E-state index is -0.370. The molecule has 1 heterocycles. The van der Waals surface area contributed by atoms with Crippen LogP contribution in [0.5, 0.6) is 0 Å². The van der Waals surface area contributed by atoms with E-state index in [1.54, 1.807) is 12.1 Å². The minimum absolute atomic E-state index is 0. The molecule has 1 aliphatic heterocycles. The lowest BCUT2D eigenvalue weighted by Gasteiger charge is -2.31. The van der Waals surface area contributed by atoms with Gasteiger partial charge in [-0.15, -0.1) is 12.4 Å². The average Bonchev–Trinajstić information content (AvgIpc) is 2.40. The normalized spacial score (nSPS) is 16.9. The van der Waals surface area contributed by atoms with Gasteiger partial charge in [-0.2, -0.15) is 0 Å². The summed E-state index contributed by atoms with van der Waals surface area (Å²) in [5.74, 6) is 0.323. The van der Waals surface area contributed by atoms with Crippen molar-refractivity contribution in [2.24, 2.45) is 17.4 Å². The molecule has 0 spiro atoms. The summed E-state index contributed by atoms with van der Waals surface area (Å²) < 4.78 is 0. The van der Waals surface area contributed by atoms with Crippen LogP contribution in [0.1, 0.15) is 28.8 Å². The molecule has 0 bridgehead atoms. The Balaban J connectivity index is 0.00000180. The summed E-state index contributed by atoms with van der Waals surface area (Å²) in [6.07, 6.45) is 2.38. The zero-order valence-electron chi connectivity index (χ0n) is 11.0. The highest BCUT2D eigenvalue weighted by Gasteiger charge is 2.17. The summed E-state index contributed by atoms with van der Waals surface area (Å²) in [7, 11) is 0. The van der Waals surface area contributed by atoms with Gasteiger partial charge in [0, 0.05) is 12.1 Å². The second-order valence-electron chi connectivity index (χ2n) is 5.02. The Morgan fingerprint density at radius 2 is 1.79 bits per heavy atom. The van der Waals surface area contributed by atoms with Crippen LogP contribution in [0.2, 0.25) is 0 Å². The Labute approximate surface area is 120 Å². The van der Waals surface area contributed by atoms with Crippen molar-refractivity contribution in [3.05, 3.63) is 35.4 Å². The highest BCUT2D eigenvalue weighted by Crippen LogP contribution is 2.18. The van der Waals surface area contributed by atoms with Crippen molar-refractivity contribution in [2.75, 3.05) is 19.6 Å². The van der Waals surface area contributed by atoms with Gasteiger partial charge < -0.3 is 11.5 Å². The first kappa shape index (κ1) is 16.0. The predicted molar refractivity (Wildman–Crippen MR) is 79.3 cm³/mol. The first-order valence-corrected chi connectivity index (χ1v) is 6.50. The molecule has 1 aromatic rings. The summed E-state index contributed by atoms with van der Waals surface area (Å²) in [6, 6.07) is 7.55. The van der Waals surface area contributed by atoms with Crippen molar-refractivity contribution in [3.8, 4) is 0 Å². The van der Waals surface area contributed by atoms with Crippen molar-refractivity contribution in [1.82, 2.24) is 4.90 Å². The van der Waals surface area contributed by atoms with Crippen molar-refractivity contribution in [3.63, 3.8) is 0 Å². The Morgan fingerprint density at radius 3 is 2.26 bits per heavy atom. The molecule has 0 atom stereocenters. The van der Waals surface area contributed by atoms with Crippen molar-refractivity contribution >= 4 is 18.3 Å². The molecular formula is C14H22ClN3O. The standard InChI is InChI=1S/C14H21N3O.ClH/c15-9-11-5-7-17(8-6-11)10-12-1-3-13(4-2-12)14(16)18;/h1-4,11H,5-10,15H2,(H2,16,18);1H. The number of primary amides is 1. The Bertz CT molecular complexity index is 400. The van der Waals surface area contributed by atoms with E-state index in [9.17, 15) is 4.79 Å². The molecule has 1 amide bonds. The number of amides is 1. The maximum Gasteiger partial charge on any atom is 0.248 e. The van der Waals surface area contributed by atoms with Crippen LogP contribution in [0, 0.1) is 5.92 Å². The average molecular weight is 284 g/mol. The molecule has 4 N–H and O–H groups in total. The Kier molecular flexibility index (Phi) is 6.28.